The zero-order chi connectivity index (χ0) is 19.5. The van der Waals surface area contributed by atoms with Crippen molar-refractivity contribution in [3.63, 3.8) is 0 Å². The molecule has 5 nitrogen and oxygen atoms in total. The topological polar surface area (TPSA) is 66.5 Å². The summed E-state index contributed by atoms with van der Waals surface area (Å²) in [6.45, 7) is 3.31. The lowest BCUT2D eigenvalue weighted by molar-refractivity contribution is -0.116. The molecule has 1 amide bonds. The standard InChI is InChI=1S/C18H20F2N2O3S/c1-4-13-7-5-6-8-17(13)21-18(23)12(2)22(26(3,24)25)14-9-10-15(19)16(20)11-14/h5-12H,4H2,1-3H3,(H,21,23)/t12-/m1/s1. The molecule has 2 rings (SSSR count). The van der Waals surface area contributed by atoms with Crippen LogP contribution in [-0.4, -0.2) is 26.6 Å². The molecule has 1 atom stereocenters. The van der Waals surface area contributed by atoms with E-state index in [2.05, 4.69) is 5.32 Å². The van der Waals surface area contributed by atoms with E-state index < -0.39 is 33.6 Å². The number of carbonyl (C=O) groups is 1. The van der Waals surface area contributed by atoms with Crippen LogP contribution in [0.25, 0.3) is 0 Å². The Bertz CT molecular complexity index is 916. The van der Waals surface area contributed by atoms with Gasteiger partial charge < -0.3 is 5.32 Å². The number of para-hydroxylation sites is 1. The van der Waals surface area contributed by atoms with Crippen LogP contribution < -0.4 is 9.62 Å². The number of carbonyl (C=O) groups excluding carboxylic acids is 1. The number of hydrogen-bond acceptors (Lipinski definition) is 3. The van der Waals surface area contributed by atoms with Gasteiger partial charge in [0, 0.05) is 11.8 Å². The van der Waals surface area contributed by atoms with Gasteiger partial charge in [0.2, 0.25) is 15.9 Å². The third kappa shape index (κ3) is 4.37. The summed E-state index contributed by atoms with van der Waals surface area (Å²) >= 11 is 0. The largest absolute Gasteiger partial charge is 0.324 e. The number of nitrogens with zero attached hydrogens (tertiary/aromatic N) is 1. The van der Waals surface area contributed by atoms with E-state index in [1.54, 1.807) is 12.1 Å². The minimum Gasteiger partial charge on any atom is -0.324 e. The molecular formula is C18H20F2N2O3S. The number of hydrogen-bond donors (Lipinski definition) is 1. The van der Waals surface area contributed by atoms with Crippen molar-refractivity contribution < 1.29 is 22.0 Å². The van der Waals surface area contributed by atoms with Crippen LogP contribution in [0.1, 0.15) is 19.4 Å². The zero-order valence-corrected chi connectivity index (χ0v) is 15.5. The maximum atomic E-state index is 13.5. The van der Waals surface area contributed by atoms with Gasteiger partial charge in [-0.15, -0.1) is 0 Å². The molecule has 26 heavy (non-hydrogen) atoms. The van der Waals surface area contributed by atoms with Crippen molar-refractivity contribution in [1.82, 2.24) is 0 Å². The Morgan fingerprint density at radius 1 is 1.15 bits per heavy atom. The van der Waals surface area contributed by atoms with Crippen molar-refractivity contribution in [3.8, 4) is 0 Å². The number of sulfonamides is 1. The van der Waals surface area contributed by atoms with E-state index in [1.807, 2.05) is 19.1 Å². The van der Waals surface area contributed by atoms with Crippen molar-refractivity contribution in [1.29, 1.82) is 0 Å². The Balaban J connectivity index is 2.36. The normalized spacial score (nSPS) is 12.5. The molecule has 0 saturated heterocycles. The maximum absolute atomic E-state index is 13.5. The Morgan fingerprint density at radius 3 is 2.38 bits per heavy atom. The van der Waals surface area contributed by atoms with Gasteiger partial charge in [-0.2, -0.15) is 0 Å². The Labute approximate surface area is 151 Å². The smallest absolute Gasteiger partial charge is 0.248 e. The number of benzene rings is 2. The zero-order valence-electron chi connectivity index (χ0n) is 14.7. The summed E-state index contributed by atoms with van der Waals surface area (Å²) in [7, 11) is -3.92. The fraction of sp³-hybridized carbons (Fsp3) is 0.278. The highest BCUT2D eigenvalue weighted by Crippen LogP contribution is 2.24. The second-order valence-corrected chi connectivity index (χ2v) is 7.69. The highest BCUT2D eigenvalue weighted by molar-refractivity contribution is 7.92. The fourth-order valence-electron chi connectivity index (χ4n) is 2.62. The van der Waals surface area contributed by atoms with Gasteiger partial charge in [-0.3, -0.25) is 9.10 Å². The van der Waals surface area contributed by atoms with Crippen LogP contribution in [0.4, 0.5) is 20.2 Å². The lowest BCUT2D eigenvalue weighted by atomic mass is 10.1. The van der Waals surface area contributed by atoms with Gasteiger partial charge in [0.05, 0.1) is 11.9 Å². The number of nitrogens with one attached hydrogen (secondary N) is 1. The van der Waals surface area contributed by atoms with Gasteiger partial charge in [-0.05, 0) is 37.1 Å². The average molecular weight is 382 g/mol. The van der Waals surface area contributed by atoms with Gasteiger partial charge in [0.25, 0.3) is 0 Å². The molecule has 0 aromatic heterocycles. The van der Waals surface area contributed by atoms with Gasteiger partial charge in [0.15, 0.2) is 11.6 Å². The predicted molar refractivity (Wildman–Crippen MR) is 97.6 cm³/mol. The minimum atomic E-state index is -3.92. The number of amides is 1. The summed E-state index contributed by atoms with van der Waals surface area (Å²) < 4.78 is 51.8. The molecule has 8 heteroatoms. The van der Waals surface area contributed by atoms with E-state index in [1.165, 1.54) is 6.92 Å². The third-order valence-corrected chi connectivity index (χ3v) is 5.14. The van der Waals surface area contributed by atoms with Crippen LogP contribution in [-0.2, 0) is 21.2 Å². The molecule has 0 aliphatic heterocycles. The van der Waals surface area contributed by atoms with Crippen LogP contribution in [0.2, 0.25) is 0 Å². The molecule has 0 fully saturated rings. The monoisotopic (exact) mass is 382 g/mol. The lowest BCUT2D eigenvalue weighted by Gasteiger charge is -2.28. The molecule has 1 N–H and O–H groups in total. The van der Waals surface area contributed by atoms with E-state index in [9.17, 15) is 22.0 Å². The summed E-state index contributed by atoms with van der Waals surface area (Å²) in [5.41, 5.74) is 1.34. The number of anilines is 2. The molecule has 0 spiro atoms. The predicted octanol–water partition coefficient (Wildman–Crippen LogP) is 3.32. The van der Waals surface area contributed by atoms with Gasteiger partial charge in [0.1, 0.15) is 6.04 Å². The average Bonchev–Trinajstić information content (AvgIpc) is 2.57. The second-order valence-electron chi connectivity index (χ2n) is 5.83. The Hall–Kier alpha value is -2.48. The highest BCUT2D eigenvalue weighted by atomic mass is 32.2. The molecule has 0 aliphatic rings. The molecule has 140 valence electrons. The first-order valence-corrected chi connectivity index (χ1v) is 9.83. The van der Waals surface area contributed by atoms with Crippen molar-refractivity contribution >= 4 is 27.3 Å². The lowest BCUT2D eigenvalue weighted by Crippen LogP contribution is -2.45. The SMILES string of the molecule is CCc1ccccc1NC(=O)[C@@H](C)N(c1ccc(F)c(F)c1)S(C)(=O)=O. The minimum absolute atomic E-state index is 0.127. The third-order valence-electron chi connectivity index (χ3n) is 3.90. The van der Waals surface area contributed by atoms with Crippen molar-refractivity contribution in [3.05, 3.63) is 59.7 Å². The van der Waals surface area contributed by atoms with E-state index >= 15 is 0 Å². The molecule has 2 aromatic rings. The van der Waals surface area contributed by atoms with E-state index in [-0.39, 0.29) is 5.69 Å². The van der Waals surface area contributed by atoms with Gasteiger partial charge in [-0.1, -0.05) is 25.1 Å². The second kappa shape index (κ2) is 7.82. The Kier molecular flexibility index (Phi) is 5.97. The van der Waals surface area contributed by atoms with Crippen molar-refractivity contribution in [2.45, 2.75) is 26.3 Å². The van der Waals surface area contributed by atoms with Crippen LogP contribution in [0, 0.1) is 11.6 Å². The summed E-state index contributed by atoms with van der Waals surface area (Å²) in [5.74, 6) is -2.88. The molecule has 0 radical (unpaired) electrons. The quantitative estimate of drug-likeness (QED) is 0.833. The van der Waals surface area contributed by atoms with Crippen LogP contribution >= 0.6 is 0 Å². The summed E-state index contributed by atoms with van der Waals surface area (Å²) in [5, 5.41) is 2.70. The van der Waals surface area contributed by atoms with Gasteiger partial charge in [-0.25, -0.2) is 17.2 Å². The first kappa shape index (κ1) is 19.8. The molecule has 0 bridgehead atoms. The highest BCUT2D eigenvalue weighted by Gasteiger charge is 2.30. The molecule has 0 unspecified atom stereocenters. The number of rotatable bonds is 6. The van der Waals surface area contributed by atoms with E-state index in [0.717, 1.165) is 34.3 Å². The van der Waals surface area contributed by atoms with Crippen LogP contribution in [0.15, 0.2) is 42.5 Å². The molecule has 0 aliphatic carbocycles. The maximum Gasteiger partial charge on any atom is 0.248 e. The molecular weight excluding hydrogens is 362 g/mol. The summed E-state index contributed by atoms with van der Waals surface area (Å²) in [6.07, 6.45) is 1.59. The Morgan fingerprint density at radius 2 is 1.81 bits per heavy atom. The fourth-order valence-corrected chi connectivity index (χ4v) is 3.79. The van der Waals surface area contributed by atoms with E-state index in [0.29, 0.717) is 12.1 Å². The molecule has 0 heterocycles. The molecule has 0 saturated carbocycles. The first-order chi connectivity index (χ1) is 12.1. The first-order valence-electron chi connectivity index (χ1n) is 7.98. The van der Waals surface area contributed by atoms with Crippen molar-refractivity contribution in [2.75, 3.05) is 15.9 Å². The van der Waals surface area contributed by atoms with Crippen LogP contribution in [0.3, 0.4) is 0 Å². The summed E-state index contributed by atoms with van der Waals surface area (Å²) in [6, 6.07) is 8.67. The van der Waals surface area contributed by atoms with Gasteiger partial charge >= 0.3 is 0 Å². The van der Waals surface area contributed by atoms with E-state index in [4.69, 9.17) is 0 Å². The number of halogens is 2. The van der Waals surface area contributed by atoms with Crippen LogP contribution in [0.5, 0.6) is 0 Å². The van der Waals surface area contributed by atoms with Crippen molar-refractivity contribution in [2.24, 2.45) is 0 Å². The number of aryl methyl sites for hydroxylation is 1. The molecule has 2 aromatic carbocycles. The summed E-state index contributed by atoms with van der Waals surface area (Å²) in [4.78, 5) is 12.6.